The molecule has 28 heavy (non-hydrogen) atoms. The van der Waals surface area contributed by atoms with Crippen molar-refractivity contribution in [3.05, 3.63) is 82.6 Å². The van der Waals surface area contributed by atoms with Gasteiger partial charge in [0.2, 0.25) is 0 Å². The molecule has 1 amide bonds. The quantitative estimate of drug-likeness (QED) is 0.568. The van der Waals surface area contributed by atoms with Gasteiger partial charge in [-0.2, -0.15) is 0 Å². The lowest BCUT2D eigenvalue weighted by Gasteiger charge is -2.19. The van der Waals surface area contributed by atoms with Gasteiger partial charge in [-0.3, -0.25) is 9.10 Å². The second kappa shape index (κ2) is 9.03. The molecule has 0 saturated heterocycles. The van der Waals surface area contributed by atoms with Crippen molar-refractivity contribution >= 4 is 33.0 Å². The number of hydrogen-bond donors (Lipinski definition) is 1. The molecule has 0 aliphatic heterocycles. The maximum atomic E-state index is 12.8. The Morgan fingerprint density at radius 1 is 1.00 bits per heavy atom. The zero-order valence-electron chi connectivity index (χ0n) is 15.5. The second-order valence-corrected chi connectivity index (χ2v) is 9.15. The molecule has 0 radical (unpaired) electrons. The second-order valence-electron chi connectivity index (χ2n) is 6.27. The van der Waals surface area contributed by atoms with Crippen LogP contribution in [0.5, 0.6) is 0 Å². The van der Waals surface area contributed by atoms with E-state index < -0.39 is 10.0 Å². The summed E-state index contributed by atoms with van der Waals surface area (Å²) in [5, 5.41) is 4.62. The molecule has 0 unspecified atom stereocenters. The van der Waals surface area contributed by atoms with Crippen LogP contribution in [-0.2, 0) is 16.4 Å². The van der Waals surface area contributed by atoms with Crippen LogP contribution in [0.25, 0.3) is 0 Å². The SMILES string of the molecule is CN(c1ccsc1C(=O)NCCCc1ccccc1)S(=O)(=O)c1ccccc1. The topological polar surface area (TPSA) is 66.5 Å². The number of nitrogens with one attached hydrogen (secondary N) is 1. The van der Waals surface area contributed by atoms with E-state index in [-0.39, 0.29) is 10.8 Å². The first-order valence-electron chi connectivity index (χ1n) is 8.94. The van der Waals surface area contributed by atoms with E-state index in [2.05, 4.69) is 17.4 Å². The minimum absolute atomic E-state index is 0.193. The number of sulfonamides is 1. The van der Waals surface area contributed by atoms with Gasteiger partial charge in [0.05, 0.1) is 10.6 Å². The van der Waals surface area contributed by atoms with Crippen LogP contribution in [-0.4, -0.2) is 27.9 Å². The maximum absolute atomic E-state index is 12.8. The summed E-state index contributed by atoms with van der Waals surface area (Å²) in [4.78, 5) is 13.2. The number of carbonyl (C=O) groups is 1. The van der Waals surface area contributed by atoms with Crippen molar-refractivity contribution in [1.29, 1.82) is 0 Å². The Kier molecular flexibility index (Phi) is 6.49. The zero-order chi connectivity index (χ0) is 20.0. The molecular weight excluding hydrogens is 392 g/mol. The fourth-order valence-corrected chi connectivity index (χ4v) is 4.94. The molecule has 0 atom stereocenters. The number of thiophene rings is 1. The summed E-state index contributed by atoms with van der Waals surface area (Å²) in [5.74, 6) is -0.256. The van der Waals surface area contributed by atoms with E-state index in [0.717, 1.165) is 17.1 Å². The van der Waals surface area contributed by atoms with Crippen molar-refractivity contribution in [1.82, 2.24) is 5.32 Å². The Hall–Kier alpha value is -2.64. The molecule has 0 bridgehead atoms. The summed E-state index contributed by atoms with van der Waals surface area (Å²) in [6.45, 7) is 0.528. The maximum Gasteiger partial charge on any atom is 0.264 e. The minimum Gasteiger partial charge on any atom is -0.351 e. The first-order chi connectivity index (χ1) is 13.5. The van der Waals surface area contributed by atoms with Crippen LogP contribution >= 0.6 is 11.3 Å². The lowest BCUT2D eigenvalue weighted by Crippen LogP contribution is -2.30. The number of nitrogens with zero attached hydrogens (tertiary/aromatic N) is 1. The van der Waals surface area contributed by atoms with Gasteiger partial charge in [-0.25, -0.2) is 8.42 Å². The molecule has 0 fully saturated rings. The predicted molar refractivity (Wildman–Crippen MR) is 113 cm³/mol. The van der Waals surface area contributed by atoms with Crippen molar-refractivity contribution in [3.8, 4) is 0 Å². The molecule has 0 saturated carbocycles. The van der Waals surface area contributed by atoms with Crippen molar-refractivity contribution in [2.75, 3.05) is 17.9 Å². The Labute approximate surface area is 169 Å². The highest BCUT2D eigenvalue weighted by Gasteiger charge is 2.25. The van der Waals surface area contributed by atoms with Crippen LogP contribution in [0.4, 0.5) is 5.69 Å². The van der Waals surface area contributed by atoms with E-state index in [1.807, 2.05) is 18.2 Å². The fourth-order valence-electron chi connectivity index (χ4n) is 2.82. The third-order valence-electron chi connectivity index (χ3n) is 4.36. The number of anilines is 1. The highest BCUT2D eigenvalue weighted by atomic mass is 32.2. The molecule has 3 aromatic rings. The van der Waals surface area contributed by atoms with Crippen molar-refractivity contribution < 1.29 is 13.2 Å². The summed E-state index contributed by atoms with van der Waals surface area (Å²) in [6, 6.07) is 19.9. The Morgan fingerprint density at radius 2 is 1.64 bits per heavy atom. The third kappa shape index (κ3) is 4.61. The lowest BCUT2D eigenvalue weighted by atomic mass is 10.1. The van der Waals surface area contributed by atoms with Gasteiger partial charge in [0, 0.05) is 13.6 Å². The Balaban J connectivity index is 1.65. The molecule has 0 spiro atoms. The average molecular weight is 415 g/mol. The van der Waals surface area contributed by atoms with Gasteiger partial charge in [0.25, 0.3) is 15.9 Å². The minimum atomic E-state index is -3.72. The summed E-state index contributed by atoms with van der Waals surface area (Å²) in [6.07, 6.45) is 1.69. The molecule has 5 nitrogen and oxygen atoms in total. The van der Waals surface area contributed by atoms with E-state index in [1.165, 1.54) is 23.9 Å². The van der Waals surface area contributed by atoms with E-state index in [0.29, 0.717) is 17.1 Å². The normalized spacial score (nSPS) is 11.2. The number of benzene rings is 2. The van der Waals surface area contributed by atoms with Crippen LogP contribution in [0.1, 0.15) is 21.7 Å². The van der Waals surface area contributed by atoms with E-state index >= 15 is 0 Å². The van der Waals surface area contributed by atoms with Gasteiger partial charge in [-0.05, 0) is 42.0 Å². The molecule has 0 aliphatic carbocycles. The highest BCUT2D eigenvalue weighted by Crippen LogP contribution is 2.29. The molecule has 146 valence electrons. The van der Waals surface area contributed by atoms with E-state index in [1.54, 1.807) is 41.8 Å². The summed E-state index contributed by atoms with van der Waals surface area (Å²) >= 11 is 1.23. The highest BCUT2D eigenvalue weighted by molar-refractivity contribution is 7.92. The van der Waals surface area contributed by atoms with Gasteiger partial charge in [0.15, 0.2) is 0 Å². The summed E-state index contributed by atoms with van der Waals surface area (Å²) in [5.41, 5.74) is 1.61. The van der Waals surface area contributed by atoms with E-state index in [9.17, 15) is 13.2 Å². The number of amides is 1. The Morgan fingerprint density at radius 3 is 2.32 bits per heavy atom. The summed E-state index contributed by atoms with van der Waals surface area (Å²) < 4.78 is 26.8. The van der Waals surface area contributed by atoms with E-state index in [4.69, 9.17) is 0 Å². The molecule has 2 aromatic carbocycles. The van der Waals surface area contributed by atoms with Crippen LogP contribution in [0.15, 0.2) is 77.0 Å². The number of aryl methyl sites for hydroxylation is 1. The van der Waals surface area contributed by atoms with Gasteiger partial charge < -0.3 is 5.32 Å². The summed E-state index contributed by atoms with van der Waals surface area (Å²) in [7, 11) is -2.25. The number of rotatable bonds is 8. The molecule has 0 aliphatic rings. The largest absolute Gasteiger partial charge is 0.351 e. The first-order valence-corrected chi connectivity index (χ1v) is 11.3. The zero-order valence-corrected chi connectivity index (χ0v) is 17.2. The third-order valence-corrected chi connectivity index (χ3v) is 7.05. The van der Waals surface area contributed by atoms with Crippen molar-refractivity contribution in [2.24, 2.45) is 0 Å². The smallest absolute Gasteiger partial charge is 0.264 e. The molecule has 7 heteroatoms. The molecule has 1 N–H and O–H groups in total. The lowest BCUT2D eigenvalue weighted by molar-refractivity contribution is 0.0958. The van der Waals surface area contributed by atoms with Gasteiger partial charge >= 0.3 is 0 Å². The van der Waals surface area contributed by atoms with Crippen LogP contribution in [0.2, 0.25) is 0 Å². The molecule has 1 aromatic heterocycles. The Bertz CT molecular complexity index is 1020. The fraction of sp³-hybridized carbons (Fsp3) is 0.190. The van der Waals surface area contributed by atoms with Crippen LogP contribution < -0.4 is 9.62 Å². The van der Waals surface area contributed by atoms with Crippen molar-refractivity contribution in [2.45, 2.75) is 17.7 Å². The number of hydrogen-bond acceptors (Lipinski definition) is 4. The average Bonchev–Trinajstić information content (AvgIpc) is 3.21. The standard InChI is InChI=1S/C21H22N2O3S2/c1-23(28(25,26)18-12-6-3-7-13-18)19-14-16-27-20(19)21(24)22-15-8-11-17-9-4-2-5-10-17/h2-7,9-10,12-14,16H,8,11,15H2,1H3,(H,22,24). The number of carbonyl (C=O) groups excluding carboxylic acids is 1. The predicted octanol–water partition coefficient (Wildman–Crippen LogP) is 3.94. The molecule has 1 heterocycles. The monoisotopic (exact) mass is 414 g/mol. The molecular formula is C21H22N2O3S2. The van der Waals surface area contributed by atoms with Crippen LogP contribution in [0.3, 0.4) is 0 Å². The first kappa shape index (κ1) is 20.1. The van der Waals surface area contributed by atoms with Gasteiger partial charge in [-0.15, -0.1) is 11.3 Å². The molecule has 3 rings (SSSR count). The van der Waals surface area contributed by atoms with Crippen molar-refractivity contribution in [3.63, 3.8) is 0 Å². The van der Waals surface area contributed by atoms with Crippen LogP contribution in [0, 0.1) is 0 Å². The van der Waals surface area contributed by atoms with Gasteiger partial charge in [0.1, 0.15) is 4.88 Å². The van der Waals surface area contributed by atoms with Gasteiger partial charge in [-0.1, -0.05) is 48.5 Å².